The van der Waals surface area contributed by atoms with Gasteiger partial charge in [-0.2, -0.15) is 0 Å². The fourth-order valence-corrected chi connectivity index (χ4v) is 2.98. The van der Waals surface area contributed by atoms with Crippen LogP contribution < -0.4 is 10.1 Å². The molecule has 0 saturated carbocycles. The highest BCUT2D eigenvalue weighted by molar-refractivity contribution is 5.79. The van der Waals surface area contributed by atoms with Gasteiger partial charge in [-0.3, -0.25) is 4.79 Å². The molecule has 2 atom stereocenters. The number of ether oxygens (including phenoxy) is 1. The molecule has 0 radical (unpaired) electrons. The molecule has 3 rings (SSSR count). The summed E-state index contributed by atoms with van der Waals surface area (Å²) in [7, 11) is 0. The van der Waals surface area contributed by atoms with Crippen molar-refractivity contribution < 1.29 is 14.6 Å². The zero-order valence-electron chi connectivity index (χ0n) is 13.2. The molecule has 1 amide bonds. The van der Waals surface area contributed by atoms with Crippen LogP contribution >= 0.6 is 0 Å². The average molecular weight is 311 g/mol. The first-order chi connectivity index (χ1) is 11.2. The number of aryl methyl sites for hydroxylation is 1. The number of benzene rings is 2. The number of carbonyl (C=O) groups is 1. The van der Waals surface area contributed by atoms with E-state index in [0.29, 0.717) is 13.0 Å². The van der Waals surface area contributed by atoms with Crippen LogP contribution in [0.15, 0.2) is 48.5 Å². The highest BCUT2D eigenvalue weighted by Crippen LogP contribution is 2.35. The van der Waals surface area contributed by atoms with Gasteiger partial charge in [-0.1, -0.05) is 42.5 Å². The number of nitrogens with one attached hydrogen (secondary N) is 1. The number of para-hydroxylation sites is 1. The molecular weight excluding hydrogens is 290 g/mol. The number of carbonyl (C=O) groups excluding carboxylic acids is 1. The lowest BCUT2D eigenvalue weighted by Gasteiger charge is -2.33. The third-order valence-corrected chi connectivity index (χ3v) is 4.34. The van der Waals surface area contributed by atoms with Gasteiger partial charge in [0.15, 0.2) is 0 Å². The maximum atomic E-state index is 12.5. The van der Waals surface area contributed by atoms with Crippen LogP contribution in [0.1, 0.15) is 22.7 Å². The summed E-state index contributed by atoms with van der Waals surface area (Å²) in [5, 5.41) is 12.7. The van der Waals surface area contributed by atoms with Gasteiger partial charge in [0.25, 0.3) is 0 Å². The van der Waals surface area contributed by atoms with Crippen LogP contribution in [-0.2, 0) is 11.2 Å². The maximum Gasteiger partial charge on any atom is 0.224 e. The fraction of sp³-hybridized carbons (Fsp3) is 0.316. The summed E-state index contributed by atoms with van der Waals surface area (Å²) in [6, 6.07) is 15.3. The van der Waals surface area contributed by atoms with E-state index in [9.17, 15) is 9.90 Å². The standard InChI is InChI=1S/C19H21NO3/c1-13-6-2-3-7-14(13)10-18(22)20-19-15(11-21)12-23-17-9-5-4-8-16(17)19/h2-9,15,19,21H,10-12H2,1H3,(H,20,22)/t15-,19-/m0/s1. The van der Waals surface area contributed by atoms with Gasteiger partial charge < -0.3 is 15.2 Å². The van der Waals surface area contributed by atoms with Crippen LogP contribution in [0.25, 0.3) is 0 Å². The molecule has 0 saturated heterocycles. The van der Waals surface area contributed by atoms with Crippen molar-refractivity contribution in [3.8, 4) is 5.75 Å². The minimum atomic E-state index is -0.221. The number of hydrogen-bond acceptors (Lipinski definition) is 3. The number of rotatable bonds is 4. The molecule has 120 valence electrons. The summed E-state index contributed by atoms with van der Waals surface area (Å²) < 4.78 is 5.66. The van der Waals surface area contributed by atoms with Crippen molar-refractivity contribution in [2.45, 2.75) is 19.4 Å². The molecule has 1 aliphatic heterocycles. The second-order valence-electron chi connectivity index (χ2n) is 5.94. The largest absolute Gasteiger partial charge is 0.493 e. The van der Waals surface area contributed by atoms with Gasteiger partial charge in [-0.05, 0) is 24.1 Å². The first-order valence-electron chi connectivity index (χ1n) is 7.85. The lowest BCUT2D eigenvalue weighted by molar-refractivity contribution is -0.122. The Morgan fingerprint density at radius 1 is 1.22 bits per heavy atom. The number of aliphatic hydroxyl groups is 1. The van der Waals surface area contributed by atoms with E-state index >= 15 is 0 Å². The van der Waals surface area contributed by atoms with E-state index in [0.717, 1.165) is 22.4 Å². The average Bonchev–Trinajstić information content (AvgIpc) is 2.57. The summed E-state index contributed by atoms with van der Waals surface area (Å²) in [4.78, 5) is 12.5. The normalized spacial score (nSPS) is 19.6. The monoisotopic (exact) mass is 311 g/mol. The molecule has 0 unspecified atom stereocenters. The van der Waals surface area contributed by atoms with Crippen molar-refractivity contribution in [2.24, 2.45) is 5.92 Å². The van der Waals surface area contributed by atoms with E-state index in [1.165, 1.54) is 0 Å². The Kier molecular flexibility index (Phi) is 4.63. The van der Waals surface area contributed by atoms with Crippen LogP contribution in [0.2, 0.25) is 0 Å². The Bertz CT molecular complexity index is 699. The molecule has 0 aromatic heterocycles. The van der Waals surface area contributed by atoms with Gasteiger partial charge in [0.2, 0.25) is 5.91 Å². The summed E-state index contributed by atoms with van der Waals surface area (Å²) >= 11 is 0. The lowest BCUT2D eigenvalue weighted by Crippen LogP contribution is -2.40. The molecule has 0 spiro atoms. The predicted octanol–water partition coefficient (Wildman–Crippen LogP) is 2.40. The minimum absolute atomic E-state index is 0.0242. The van der Waals surface area contributed by atoms with Gasteiger partial charge in [0.05, 0.1) is 25.7 Å². The van der Waals surface area contributed by atoms with Crippen molar-refractivity contribution >= 4 is 5.91 Å². The Morgan fingerprint density at radius 2 is 1.96 bits per heavy atom. The smallest absolute Gasteiger partial charge is 0.224 e. The van der Waals surface area contributed by atoms with E-state index in [4.69, 9.17) is 4.74 Å². The molecule has 4 nitrogen and oxygen atoms in total. The molecule has 0 bridgehead atoms. The van der Waals surface area contributed by atoms with Gasteiger partial charge >= 0.3 is 0 Å². The zero-order chi connectivity index (χ0) is 16.2. The van der Waals surface area contributed by atoms with Gasteiger partial charge in [0, 0.05) is 11.5 Å². The topological polar surface area (TPSA) is 58.6 Å². The third-order valence-electron chi connectivity index (χ3n) is 4.34. The van der Waals surface area contributed by atoms with Crippen LogP contribution in [0.4, 0.5) is 0 Å². The van der Waals surface area contributed by atoms with E-state index < -0.39 is 0 Å². The predicted molar refractivity (Wildman–Crippen MR) is 88.3 cm³/mol. The summed E-state index contributed by atoms with van der Waals surface area (Å²) in [6.45, 7) is 2.38. The summed E-state index contributed by atoms with van der Waals surface area (Å²) in [5.74, 6) is 0.601. The Balaban J connectivity index is 1.77. The quantitative estimate of drug-likeness (QED) is 0.911. The zero-order valence-corrected chi connectivity index (χ0v) is 13.2. The molecule has 2 aromatic rings. The highest BCUT2D eigenvalue weighted by Gasteiger charge is 2.31. The molecule has 1 heterocycles. The Labute approximate surface area is 136 Å². The summed E-state index contributed by atoms with van der Waals surface area (Å²) in [5.41, 5.74) is 3.05. The maximum absolute atomic E-state index is 12.5. The lowest BCUT2D eigenvalue weighted by atomic mass is 9.91. The first kappa shape index (κ1) is 15.6. The Hall–Kier alpha value is -2.33. The first-order valence-corrected chi connectivity index (χ1v) is 7.85. The second kappa shape index (κ2) is 6.84. The molecule has 2 aromatic carbocycles. The van der Waals surface area contributed by atoms with Crippen molar-refractivity contribution in [3.05, 3.63) is 65.2 Å². The number of fused-ring (bicyclic) bond motifs is 1. The molecule has 1 aliphatic rings. The summed E-state index contributed by atoms with van der Waals surface area (Å²) in [6.07, 6.45) is 0.338. The van der Waals surface area contributed by atoms with Crippen molar-refractivity contribution in [1.82, 2.24) is 5.32 Å². The van der Waals surface area contributed by atoms with Crippen LogP contribution in [0, 0.1) is 12.8 Å². The second-order valence-corrected chi connectivity index (χ2v) is 5.94. The molecule has 4 heteroatoms. The molecule has 23 heavy (non-hydrogen) atoms. The van der Waals surface area contributed by atoms with E-state index in [2.05, 4.69) is 5.32 Å². The highest BCUT2D eigenvalue weighted by atomic mass is 16.5. The van der Waals surface area contributed by atoms with Crippen LogP contribution in [0.5, 0.6) is 5.75 Å². The molecule has 2 N–H and O–H groups in total. The van der Waals surface area contributed by atoms with Crippen LogP contribution in [0.3, 0.4) is 0 Å². The van der Waals surface area contributed by atoms with Crippen LogP contribution in [-0.4, -0.2) is 24.2 Å². The number of hydrogen-bond donors (Lipinski definition) is 2. The van der Waals surface area contributed by atoms with Gasteiger partial charge in [-0.25, -0.2) is 0 Å². The van der Waals surface area contributed by atoms with Crippen molar-refractivity contribution in [2.75, 3.05) is 13.2 Å². The molecular formula is C19H21NO3. The molecule has 0 aliphatic carbocycles. The van der Waals surface area contributed by atoms with Crippen molar-refractivity contribution in [1.29, 1.82) is 0 Å². The van der Waals surface area contributed by atoms with Gasteiger partial charge in [0.1, 0.15) is 5.75 Å². The van der Waals surface area contributed by atoms with Gasteiger partial charge in [-0.15, -0.1) is 0 Å². The molecule has 0 fully saturated rings. The fourth-order valence-electron chi connectivity index (χ4n) is 2.98. The third kappa shape index (κ3) is 3.37. The SMILES string of the molecule is Cc1ccccc1CC(=O)N[C@@H]1c2ccccc2OC[C@@H]1CO. The minimum Gasteiger partial charge on any atom is -0.493 e. The van der Waals surface area contributed by atoms with E-state index in [1.807, 2.05) is 55.5 Å². The Morgan fingerprint density at radius 3 is 2.74 bits per heavy atom. The van der Waals surface area contributed by atoms with E-state index in [1.54, 1.807) is 0 Å². The number of amides is 1. The van der Waals surface area contributed by atoms with Crippen molar-refractivity contribution in [3.63, 3.8) is 0 Å². The number of aliphatic hydroxyl groups excluding tert-OH is 1. The van der Waals surface area contributed by atoms with E-state index in [-0.39, 0.29) is 24.5 Å².